The second-order valence-electron chi connectivity index (χ2n) is 1.90. The summed E-state index contributed by atoms with van der Waals surface area (Å²) in [6, 6.07) is 0. The van der Waals surface area contributed by atoms with Gasteiger partial charge in [-0.15, -0.1) is 0 Å². The Labute approximate surface area is 55.7 Å². The van der Waals surface area contributed by atoms with Gasteiger partial charge in [0.25, 0.3) is 0 Å². The summed E-state index contributed by atoms with van der Waals surface area (Å²) in [6.45, 7) is 0. The molecule has 8 heavy (non-hydrogen) atoms. The van der Waals surface area contributed by atoms with Crippen LogP contribution >= 0.6 is 12.6 Å². The predicted molar refractivity (Wildman–Crippen MR) is 40.3 cm³/mol. The molecule has 0 saturated heterocycles. The SMILES string of the molecule is SC/C=C1/C=CCC1. The molecular weight excluding hydrogens is 116 g/mol. The average Bonchev–Trinajstić information content (AvgIpc) is 2.19. The summed E-state index contributed by atoms with van der Waals surface area (Å²) in [5.41, 5.74) is 1.44. The molecule has 0 unspecified atom stereocenters. The van der Waals surface area contributed by atoms with Gasteiger partial charge in [0.1, 0.15) is 0 Å². The van der Waals surface area contributed by atoms with Crippen LogP contribution in [-0.4, -0.2) is 5.75 Å². The predicted octanol–water partition coefficient (Wildman–Crippen LogP) is 2.19. The summed E-state index contributed by atoms with van der Waals surface area (Å²) in [5.74, 6) is 0.875. The molecule has 0 saturated carbocycles. The Morgan fingerprint density at radius 2 is 2.62 bits per heavy atom. The molecule has 0 spiro atoms. The Bertz CT molecular complexity index is 122. The quantitative estimate of drug-likeness (QED) is 0.511. The van der Waals surface area contributed by atoms with Crippen LogP contribution in [0, 0.1) is 0 Å². The monoisotopic (exact) mass is 126 g/mol. The molecular formula is C7H10S. The number of allylic oxidation sites excluding steroid dienone is 3. The van der Waals surface area contributed by atoms with Crippen LogP contribution in [0.4, 0.5) is 0 Å². The number of rotatable bonds is 1. The smallest absolute Gasteiger partial charge is 0.00883 e. The van der Waals surface area contributed by atoms with E-state index < -0.39 is 0 Å². The fourth-order valence-electron chi connectivity index (χ4n) is 0.855. The van der Waals surface area contributed by atoms with Crippen molar-refractivity contribution in [1.82, 2.24) is 0 Å². The van der Waals surface area contributed by atoms with Gasteiger partial charge in [-0.1, -0.05) is 23.8 Å². The fourth-order valence-corrected chi connectivity index (χ4v) is 1.09. The third-order valence-electron chi connectivity index (χ3n) is 1.29. The van der Waals surface area contributed by atoms with Crippen molar-refractivity contribution in [3.8, 4) is 0 Å². The van der Waals surface area contributed by atoms with Crippen molar-refractivity contribution < 1.29 is 0 Å². The standard InChI is InChI=1S/C7H10S/c8-6-5-7-3-1-2-4-7/h1,3,5,8H,2,4,6H2/b7-5-. The van der Waals surface area contributed by atoms with Crippen LogP contribution in [0.5, 0.6) is 0 Å². The molecule has 0 aliphatic heterocycles. The zero-order valence-corrected chi connectivity index (χ0v) is 5.70. The molecule has 0 amide bonds. The van der Waals surface area contributed by atoms with Gasteiger partial charge in [0.15, 0.2) is 0 Å². The van der Waals surface area contributed by atoms with Crippen molar-refractivity contribution in [2.24, 2.45) is 0 Å². The lowest BCUT2D eigenvalue weighted by Crippen LogP contribution is -1.70. The molecule has 0 aromatic carbocycles. The van der Waals surface area contributed by atoms with E-state index in [0.29, 0.717) is 0 Å². The molecule has 0 heterocycles. The minimum atomic E-state index is 0.875. The van der Waals surface area contributed by atoms with E-state index in [4.69, 9.17) is 0 Å². The minimum Gasteiger partial charge on any atom is -0.175 e. The molecule has 0 fully saturated rings. The maximum absolute atomic E-state index is 4.09. The first kappa shape index (κ1) is 5.96. The van der Waals surface area contributed by atoms with Gasteiger partial charge in [-0.2, -0.15) is 12.6 Å². The highest BCUT2D eigenvalue weighted by molar-refractivity contribution is 7.80. The molecule has 1 heteroatoms. The van der Waals surface area contributed by atoms with Gasteiger partial charge < -0.3 is 0 Å². The van der Waals surface area contributed by atoms with Crippen LogP contribution in [0.25, 0.3) is 0 Å². The fraction of sp³-hybridized carbons (Fsp3) is 0.429. The lowest BCUT2D eigenvalue weighted by molar-refractivity contribution is 1.06. The van der Waals surface area contributed by atoms with Gasteiger partial charge >= 0.3 is 0 Å². The maximum atomic E-state index is 4.09. The Balaban J connectivity index is 2.46. The molecule has 1 aliphatic carbocycles. The summed E-state index contributed by atoms with van der Waals surface area (Å²) in [5, 5.41) is 0. The van der Waals surface area contributed by atoms with Gasteiger partial charge in [-0.05, 0) is 12.8 Å². The van der Waals surface area contributed by atoms with Crippen LogP contribution in [-0.2, 0) is 0 Å². The van der Waals surface area contributed by atoms with Crippen LogP contribution in [0.2, 0.25) is 0 Å². The van der Waals surface area contributed by atoms with E-state index >= 15 is 0 Å². The third kappa shape index (κ3) is 1.41. The molecule has 0 nitrogen and oxygen atoms in total. The van der Waals surface area contributed by atoms with E-state index in [1.165, 1.54) is 18.4 Å². The number of hydrogen-bond acceptors (Lipinski definition) is 1. The summed E-state index contributed by atoms with van der Waals surface area (Å²) < 4.78 is 0. The summed E-state index contributed by atoms with van der Waals surface area (Å²) >= 11 is 4.09. The first-order valence-electron chi connectivity index (χ1n) is 2.90. The normalized spacial score (nSPS) is 22.9. The van der Waals surface area contributed by atoms with Gasteiger partial charge in [0, 0.05) is 5.75 Å². The minimum absolute atomic E-state index is 0.875. The highest BCUT2D eigenvalue weighted by Gasteiger charge is 1.95. The Hall–Kier alpha value is -0.170. The van der Waals surface area contributed by atoms with Crippen molar-refractivity contribution in [3.63, 3.8) is 0 Å². The topological polar surface area (TPSA) is 0 Å². The zero-order valence-electron chi connectivity index (χ0n) is 4.80. The highest BCUT2D eigenvalue weighted by Crippen LogP contribution is 2.14. The van der Waals surface area contributed by atoms with E-state index in [1.54, 1.807) is 0 Å². The van der Waals surface area contributed by atoms with E-state index in [-0.39, 0.29) is 0 Å². The van der Waals surface area contributed by atoms with Gasteiger partial charge in [0.2, 0.25) is 0 Å². The average molecular weight is 126 g/mol. The van der Waals surface area contributed by atoms with E-state index in [9.17, 15) is 0 Å². The Kier molecular flexibility index (Phi) is 2.22. The Morgan fingerprint density at radius 3 is 3.12 bits per heavy atom. The van der Waals surface area contributed by atoms with Gasteiger partial charge in [0.05, 0.1) is 0 Å². The van der Waals surface area contributed by atoms with Crippen molar-refractivity contribution in [1.29, 1.82) is 0 Å². The summed E-state index contributed by atoms with van der Waals surface area (Å²) in [6.07, 6.45) is 8.98. The van der Waals surface area contributed by atoms with Crippen molar-refractivity contribution >= 4 is 12.6 Å². The van der Waals surface area contributed by atoms with Crippen molar-refractivity contribution in [2.45, 2.75) is 12.8 Å². The molecule has 0 aromatic heterocycles. The summed E-state index contributed by atoms with van der Waals surface area (Å²) in [4.78, 5) is 0. The van der Waals surface area contributed by atoms with Crippen LogP contribution in [0.1, 0.15) is 12.8 Å². The van der Waals surface area contributed by atoms with Crippen LogP contribution < -0.4 is 0 Å². The maximum Gasteiger partial charge on any atom is 0.00883 e. The molecule has 0 radical (unpaired) electrons. The lowest BCUT2D eigenvalue weighted by atomic mass is 10.2. The van der Waals surface area contributed by atoms with Crippen LogP contribution in [0.15, 0.2) is 23.8 Å². The third-order valence-corrected chi connectivity index (χ3v) is 1.47. The first-order valence-corrected chi connectivity index (χ1v) is 3.53. The van der Waals surface area contributed by atoms with Crippen LogP contribution in [0.3, 0.4) is 0 Å². The molecule has 1 aliphatic rings. The largest absolute Gasteiger partial charge is 0.175 e. The molecule has 0 bridgehead atoms. The van der Waals surface area contributed by atoms with E-state index in [0.717, 1.165) is 5.75 Å². The van der Waals surface area contributed by atoms with Crippen molar-refractivity contribution in [3.05, 3.63) is 23.8 Å². The number of thiol groups is 1. The van der Waals surface area contributed by atoms with E-state index in [2.05, 4.69) is 30.9 Å². The molecule has 0 aromatic rings. The second-order valence-corrected chi connectivity index (χ2v) is 2.27. The first-order chi connectivity index (χ1) is 3.93. The summed E-state index contributed by atoms with van der Waals surface area (Å²) in [7, 11) is 0. The molecule has 44 valence electrons. The highest BCUT2D eigenvalue weighted by atomic mass is 32.1. The molecule has 0 atom stereocenters. The van der Waals surface area contributed by atoms with Gasteiger partial charge in [-0.25, -0.2) is 0 Å². The zero-order chi connectivity index (χ0) is 5.82. The lowest BCUT2D eigenvalue weighted by Gasteiger charge is -1.87. The van der Waals surface area contributed by atoms with E-state index in [1.807, 2.05) is 0 Å². The molecule has 1 rings (SSSR count). The Morgan fingerprint density at radius 1 is 1.75 bits per heavy atom. The van der Waals surface area contributed by atoms with Crippen molar-refractivity contribution in [2.75, 3.05) is 5.75 Å². The second kappa shape index (κ2) is 2.98. The molecule has 0 N–H and O–H groups in total. The van der Waals surface area contributed by atoms with Gasteiger partial charge in [-0.3, -0.25) is 0 Å². The number of hydrogen-bond donors (Lipinski definition) is 1.